The summed E-state index contributed by atoms with van der Waals surface area (Å²) in [6, 6.07) is 22.5. The molecule has 214 valence electrons. The highest BCUT2D eigenvalue weighted by Gasteiger charge is 2.33. The first kappa shape index (κ1) is 28.8. The molecule has 0 bridgehead atoms. The molecule has 0 N–H and O–H groups in total. The van der Waals surface area contributed by atoms with Gasteiger partial charge in [-0.05, 0) is 67.8 Å². The fourth-order valence-corrected chi connectivity index (χ4v) is 5.72. The van der Waals surface area contributed by atoms with Gasteiger partial charge in [0.2, 0.25) is 0 Å². The van der Waals surface area contributed by atoms with Crippen molar-refractivity contribution in [3.05, 3.63) is 139 Å². The lowest BCUT2D eigenvalue weighted by Gasteiger charge is -2.24. The SMILES string of the molecule is C=CCOc1ccc([C@@H]2C(C(=O)OCC)=C(C)N=c3s/c(=C\c4ccc(OCc5ccc(C)cc5)cc4)c(=O)n32)cc1. The van der Waals surface area contributed by atoms with E-state index in [2.05, 4.69) is 42.8 Å². The molecule has 0 spiro atoms. The molecule has 8 heteroatoms. The molecule has 1 aliphatic heterocycles. The number of nitrogens with zero attached hydrogens (tertiary/aromatic N) is 2. The minimum Gasteiger partial charge on any atom is -0.490 e. The number of fused-ring (bicyclic) bond motifs is 1. The minimum absolute atomic E-state index is 0.214. The number of hydrogen-bond donors (Lipinski definition) is 0. The van der Waals surface area contributed by atoms with E-state index in [1.54, 1.807) is 24.5 Å². The molecule has 0 saturated heterocycles. The van der Waals surface area contributed by atoms with Crippen LogP contribution in [0.2, 0.25) is 0 Å². The van der Waals surface area contributed by atoms with E-state index in [1.807, 2.05) is 54.6 Å². The van der Waals surface area contributed by atoms with E-state index in [-0.39, 0.29) is 12.2 Å². The average molecular weight is 581 g/mol. The number of carbonyl (C=O) groups is 1. The van der Waals surface area contributed by atoms with Crippen LogP contribution in [0.5, 0.6) is 11.5 Å². The molecule has 42 heavy (non-hydrogen) atoms. The van der Waals surface area contributed by atoms with E-state index >= 15 is 0 Å². The lowest BCUT2D eigenvalue weighted by atomic mass is 9.96. The van der Waals surface area contributed by atoms with Gasteiger partial charge in [-0.3, -0.25) is 9.36 Å². The summed E-state index contributed by atoms with van der Waals surface area (Å²) in [5.41, 5.74) is 4.53. The Morgan fingerprint density at radius 2 is 1.64 bits per heavy atom. The number of benzene rings is 3. The molecule has 0 fully saturated rings. The van der Waals surface area contributed by atoms with Crippen molar-refractivity contribution in [1.29, 1.82) is 0 Å². The number of aromatic nitrogens is 1. The highest BCUT2D eigenvalue weighted by atomic mass is 32.1. The molecule has 1 atom stereocenters. The summed E-state index contributed by atoms with van der Waals surface area (Å²) in [7, 11) is 0. The Hall–Kier alpha value is -4.69. The number of ether oxygens (including phenoxy) is 3. The summed E-state index contributed by atoms with van der Waals surface area (Å²) >= 11 is 1.29. The van der Waals surface area contributed by atoms with E-state index in [1.165, 1.54) is 16.9 Å². The van der Waals surface area contributed by atoms with E-state index in [0.717, 1.165) is 22.4 Å². The largest absolute Gasteiger partial charge is 0.490 e. The third kappa shape index (κ3) is 6.29. The van der Waals surface area contributed by atoms with Gasteiger partial charge in [-0.1, -0.05) is 78.1 Å². The maximum Gasteiger partial charge on any atom is 0.338 e. The zero-order valence-corrected chi connectivity index (χ0v) is 24.6. The summed E-state index contributed by atoms with van der Waals surface area (Å²) in [5.74, 6) is 0.909. The second kappa shape index (κ2) is 12.9. The van der Waals surface area contributed by atoms with Crippen LogP contribution >= 0.6 is 11.3 Å². The summed E-state index contributed by atoms with van der Waals surface area (Å²) < 4.78 is 19.0. The van der Waals surface area contributed by atoms with Crippen molar-refractivity contribution in [3.8, 4) is 11.5 Å². The van der Waals surface area contributed by atoms with Crippen molar-refractivity contribution in [3.63, 3.8) is 0 Å². The maximum atomic E-state index is 13.8. The molecule has 0 radical (unpaired) electrons. The molecule has 5 rings (SSSR count). The molecule has 3 aromatic carbocycles. The Labute approximate surface area is 248 Å². The van der Waals surface area contributed by atoms with Gasteiger partial charge >= 0.3 is 5.97 Å². The van der Waals surface area contributed by atoms with Gasteiger partial charge in [0.1, 0.15) is 24.7 Å². The van der Waals surface area contributed by atoms with Crippen molar-refractivity contribution in [2.24, 2.45) is 4.99 Å². The summed E-state index contributed by atoms with van der Waals surface area (Å²) in [6.07, 6.45) is 3.50. The standard InChI is InChI=1S/C34H32N2O5S/c1-5-19-40-27-17-13-26(14-18-27)31-30(33(38)39-6-2)23(4)35-34-36(31)32(37)29(42-34)20-24-11-15-28(16-12-24)41-21-25-9-7-22(3)8-10-25/h5,7-18,20,31H,1,6,19,21H2,2-4H3/b29-20-/t31-/m1/s1. The summed E-state index contributed by atoms with van der Waals surface area (Å²) in [4.78, 5) is 32.1. The molecule has 1 aliphatic rings. The Balaban J connectivity index is 1.47. The Kier molecular flexibility index (Phi) is 8.83. The van der Waals surface area contributed by atoms with Gasteiger partial charge < -0.3 is 14.2 Å². The predicted molar refractivity (Wildman–Crippen MR) is 164 cm³/mol. The smallest absolute Gasteiger partial charge is 0.338 e. The highest BCUT2D eigenvalue weighted by Crippen LogP contribution is 2.31. The molecule has 0 unspecified atom stereocenters. The van der Waals surface area contributed by atoms with Gasteiger partial charge in [-0.25, -0.2) is 9.79 Å². The number of thiazole rings is 1. The molecule has 0 amide bonds. The zero-order chi connectivity index (χ0) is 29.6. The van der Waals surface area contributed by atoms with Crippen molar-refractivity contribution >= 4 is 23.4 Å². The van der Waals surface area contributed by atoms with Gasteiger partial charge in [-0.15, -0.1) is 0 Å². The topological polar surface area (TPSA) is 79.1 Å². The summed E-state index contributed by atoms with van der Waals surface area (Å²) in [6.45, 7) is 10.3. The van der Waals surface area contributed by atoms with Gasteiger partial charge in [-0.2, -0.15) is 0 Å². The number of esters is 1. The van der Waals surface area contributed by atoms with Gasteiger partial charge in [0.15, 0.2) is 4.80 Å². The molecular formula is C34H32N2O5S. The lowest BCUT2D eigenvalue weighted by molar-refractivity contribution is -0.139. The normalized spacial score (nSPS) is 14.6. The van der Waals surface area contributed by atoms with Crippen LogP contribution in [0.3, 0.4) is 0 Å². The van der Waals surface area contributed by atoms with Crippen molar-refractivity contribution in [1.82, 2.24) is 4.57 Å². The molecule has 2 heterocycles. The molecule has 7 nitrogen and oxygen atoms in total. The molecule has 0 saturated carbocycles. The zero-order valence-electron chi connectivity index (χ0n) is 23.8. The first-order valence-corrected chi connectivity index (χ1v) is 14.5. The number of hydrogen-bond acceptors (Lipinski definition) is 7. The molecule has 4 aromatic rings. The van der Waals surface area contributed by atoms with Gasteiger partial charge in [0, 0.05) is 0 Å². The quantitative estimate of drug-likeness (QED) is 0.189. The van der Waals surface area contributed by atoms with E-state index < -0.39 is 12.0 Å². The second-order valence-corrected chi connectivity index (χ2v) is 10.8. The third-order valence-electron chi connectivity index (χ3n) is 6.78. The van der Waals surface area contributed by atoms with Crippen LogP contribution in [0, 0.1) is 6.92 Å². The van der Waals surface area contributed by atoms with Crippen LogP contribution in [-0.2, 0) is 16.1 Å². The van der Waals surface area contributed by atoms with E-state index in [0.29, 0.717) is 39.6 Å². The van der Waals surface area contributed by atoms with Crippen LogP contribution in [0.15, 0.2) is 107 Å². The van der Waals surface area contributed by atoms with Crippen LogP contribution in [-0.4, -0.2) is 23.8 Å². The highest BCUT2D eigenvalue weighted by molar-refractivity contribution is 7.07. The lowest BCUT2D eigenvalue weighted by Crippen LogP contribution is -2.39. The van der Waals surface area contributed by atoms with Crippen molar-refractivity contribution < 1.29 is 19.0 Å². The second-order valence-electron chi connectivity index (χ2n) is 9.81. The number of aryl methyl sites for hydroxylation is 1. The summed E-state index contributed by atoms with van der Waals surface area (Å²) in [5, 5.41) is 0. The Morgan fingerprint density at radius 3 is 2.31 bits per heavy atom. The maximum absolute atomic E-state index is 13.8. The fraction of sp³-hybridized carbons (Fsp3) is 0.206. The predicted octanol–water partition coefficient (Wildman–Crippen LogP) is 5.25. The molecule has 1 aromatic heterocycles. The van der Waals surface area contributed by atoms with Gasteiger partial charge in [0.05, 0.1) is 28.5 Å². The molecule has 0 aliphatic carbocycles. The van der Waals surface area contributed by atoms with Crippen LogP contribution in [0.1, 0.15) is 42.1 Å². The van der Waals surface area contributed by atoms with Crippen molar-refractivity contribution in [2.75, 3.05) is 13.2 Å². The minimum atomic E-state index is -0.687. The van der Waals surface area contributed by atoms with E-state index in [4.69, 9.17) is 14.2 Å². The Morgan fingerprint density at radius 1 is 0.976 bits per heavy atom. The fourth-order valence-electron chi connectivity index (χ4n) is 4.67. The first-order chi connectivity index (χ1) is 20.4. The number of allylic oxidation sites excluding steroid dienone is 1. The van der Waals surface area contributed by atoms with Gasteiger partial charge in [0.25, 0.3) is 5.56 Å². The van der Waals surface area contributed by atoms with E-state index in [9.17, 15) is 9.59 Å². The Bertz CT molecular complexity index is 1800. The average Bonchev–Trinajstić information content (AvgIpc) is 3.30. The van der Waals surface area contributed by atoms with Crippen LogP contribution < -0.4 is 24.4 Å². The van der Waals surface area contributed by atoms with Crippen LogP contribution in [0.4, 0.5) is 0 Å². The first-order valence-electron chi connectivity index (χ1n) is 13.7. The molecular weight excluding hydrogens is 548 g/mol. The van der Waals surface area contributed by atoms with Crippen molar-refractivity contribution in [2.45, 2.75) is 33.4 Å². The number of rotatable bonds is 10. The van der Waals surface area contributed by atoms with Crippen LogP contribution in [0.25, 0.3) is 6.08 Å². The monoisotopic (exact) mass is 580 g/mol. The number of carbonyl (C=O) groups excluding carboxylic acids is 1. The third-order valence-corrected chi connectivity index (χ3v) is 7.77.